The van der Waals surface area contributed by atoms with Gasteiger partial charge in [-0.2, -0.15) is 0 Å². The highest BCUT2D eigenvalue weighted by atomic mass is 79.9. The number of pyridine rings is 1. The van der Waals surface area contributed by atoms with Crippen LogP contribution in [0.1, 0.15) is 5.56 Å². The molecule has 2 N–H and O–H groups in total. The van der Waals surface area contributed by atoms with E-state index in [1.165, 1.54) is 6.07 Å². The molecule has 1 aromatic heterocycles. The molecule has 0 aliphatic rings. The van der Waals surface area contributed by atoms with Crippen molar-refractivity contribution in [1.29, 1.82) is 0 Å². The van der Waals surface area contributed by atoms with Gasteiger partial charge in [-0.1, -0.05) is 22.0 Å². The van der Waals surface area contributed by atoms with Gasteiger partial charge in [-0.15, -0.1) is 0 Å². The second kappa shape index (κ2) is 6.58. The Bertz CT molecular complexity index is 577. The van der Waals surface area contributed by atoms with Gasteiger partial charge in [-0.3, -0.25) is 4.98 Å². The van der Waals surface area contributed by atoms with E-state index in [1.807, 2.05) is 12.1 Å². The Hall–Kier alpha value is -1.53. The van der Waals surface area contributed by atoms with Gasteiger partial charge >= 0.3 is 0 Å². The molecule has 3 nitrogen and oxygen atoms in total. The van der Waals surface area contributed by atoms with E-state index in [1.54, 1.807) is 24.5 Å². The first-order chi connectivity index (χ1) is 9.15. The molecule has 1 aromatic carbocycles. The molecule has 0 atom stereocenters. The molecule has 2 rings (SSSR count). The standard InChI is InChI=1S/C13H11BrFN3S/c14-10-3-4-12(11(15)6-10)18-13(19)17-8-9-2-1-5-16-7-9/h1-7H,8H2,(H2,17,18,19). The van der Waals surface area contributed by atoms with E-state index in [2.05, 4.69) is 31.5 Å². The van der Waals surface area contributed by atoms with Crippen LogP contribution in [0.2, 0.25) is 0 Å². The molecule has 2 aromatic rings. The molecule has 98 valence electrons. The summed E-state index contributed by atoms with van der Waals surface area (Å²) in [5, 5.41) is 6.17. The Balaban J connectivity index is 1.91. The molecule has 0 radical (unpaired) electrons. The van der Waals surface area contributed by atoms with Gasteiger partial charge in [0.05, 0.1) is 5.69 Å². The van der Waals surface area contributed by atoms with E-state index >= 15 is 0 Å². The van der Waals surface area contributed by atoms with Gasteiger partial charge in [0, 0.05) is 23.4 Å². The molecule has 6 heteroatoms. The molecule has 0 amide bonds. The Labute approximate surface area is 124 Å². The van der Waals surface area contributed by atoms with Crippen LogP contribution in [-0.4, -0.2) is 10.1 Å². The summed E-state index contributed by atoms with van der Waals surface area (Å²) in [5.41, 5.74) is 1.34. The van der Waals surface area contributed by atoms with Gasteiger partial charge in [0.2, 0.25) is 0 Å². The van der Waals surface area contributed by atoms with Crippen LogP contribution >= 0.6 is 28.1 Å². The summed E-state index contributed by atoms with van der Waals surface area (Å²) < 4.78 is 14.3. The minimum atomic E-state index is -0.361. The second-order valence-electron chi connectivity index (χ2n) is 3.79. The SMILES string of the molecule is Fc1cc(Br)ccc1NC(=S)NCc1cccnc1. The van der Waals surface area contributed by atoms with Crippen molar-refractivity contribution in [2.24, 2.45) is 0 Å². The molecule has 0 saturated heterocycles. The Morgan fingerprint density at radius 2 is 2.21 bits per heavy atom. The first-order valence-electron chi connectivity index (χ1n) is 5.54. The Morgan fingerprint density at radius 1 is 1.37 bits per heavy atom. The fourth-order valence-corrected chi connectivity index (χ4v) is 1.96. The van der Waals surface area contributed by atoms with Crippen molar-refractivity contribution in [1.82, 2.24) is 10.3 Å². The van der Waals surface area contributed by atoms with Gasteiger partial charge in [-0.05, 0) is 42.0 Å². The summed E-state index contributed by atoms with van der Waals surface area (Å²) in [6.45, 7) is 0.540. The summed E-state index contributed by atoms with van der Waals surface area (Å²) in [6.07, 6.45) is 3.45. The fourth-order valence-electron chi connectivity index (χ4n) is 1.44. The van der Waals surface area contributed by atoms with E-state index in [9.17, 15) is 4.39 Å². The quantitative estimate of drug-likeness (QED) is 0.839. The third-order valence-corrected chi connectivity index (χ3v) is 3.09. The summed E-state index contributed by atoms with van der Waals surface area (Å²) in [4.78, 5) is 4.00. The number of benzene rings is 1. The van der Waals surface area contributed by atoms with E-state index in [0.29, 0.717) is 21.8 Å². The molecule has 19 heavy (non-hydrogen) atoms. The number of hydrogen-bond acceptors (Lipinski definition) is 2. The van der Waals surface area contributed by atoms with E-state index < -0.39 is 0 Å². The van der Waals surface area contributed by atoms with E-state index in [4.69, 9.17) is 12.2 Å². The predicted octanol–water partition coefficient (Wildman–Crippen LogP) is 3.47. The van der Waals surface area contributed by atoms with Crippen LogP contribution in [-0.2, 0) is 6.54 Å². The monoisotopic (exact) mass is 339 g/mol. The Morgan fingerprint density at radius 3 is 2.89 bits per heavy atom. The van der Waals surface area contributed by atoms with Crippen molar-refractivity contribution in [2.45, 2.75) is 6.54 Å². The second-order valence-corrected chi connectivity index (χ2v) is 5.12. The number of nitrogens with zero attached hydrogens (tertiary/aromatic N) is 1. The summed E-state index contributed by atoms with van der Waals surface area (Å²) in [7, 11) is 0. The van der Waals surface area contributed by atoms with Crippen LogP contribution in [0.3, 0.4) is 0 Å². The number of anilines is 1. The minimum Gasteiger partial charge on any atom is -0.358 e. The zero-order valence-corrected chi connectivity index (χ0v) is 12.3. The van der Waals surface area contributed by atoms with Crippen LogP contribution < -0.4 is 10.6 Å². The Kier molecular flexibility index (Phi) is 4.81. The number of halogens is 2. The highest BCUT2D eigenvalue weighted by Gasteiger charge is 2.04. The average Bonchev–Trinajstić information content (AvgIpc) is 2.41. The number of nitrogens with one attached hydrogen (secondary N) is 2. The lowest BCUT2D eigenvalue weighted by atomic mass is 10.3. The number of thiocarbonyl (C=S) groups is 1. The number of aromatic nitrogens is 1. The first kappa shape index (κ1) is 13.9. The molecule has 0 unspecified atom stereocenters. The molecule has 0 fully saturated rings. The maximum Gasteiger partial charge on any atom is 0.171 e. The maximum atomic E-state index is 13.6. The van der Waals surface area contributed by atoms with Gasteiger partial charge in [-0.25, -0.2) is 4.39 Å². The van der Waals surface area contributed by atoms with Crippen LogP contribution in [0.15, 0.2) is 47.2 Å². The van der Waals surface area contributed by atoms with Crippen LogP contribution in [0.5, 0.6) is 0 Å². The lowest BCUT2D eigenvalue weighted by Crippen LogP contribution is -2.28. The lowest BCUT2D eigenvalue weighted by molar-refractivity contribution is 0.631. The zero-order valence-electron chi connectivity index (χ0n) is 9.86. The topological polar surface area (TPSA) is 37.0 Å². The molecular weight excluding hydrogens is 329 g/mol. The van der Waals surface area contributed by atoms with Crippen molar-refractivity contribution in [3.05, 3.63) is 58.6 Å². The highest BCUT2D eigenvalue weighted by molar-refractivity contribution is 9.10. The van der Waals surface area contributed by atoms with Crippen molar-refractivity contribution in [2.75, 3.05) is 5.32 Å². The van der Waals surface area contributed by atoms with E-state index in [0.717, 1.165) is 5.56 Å². The smallest absolute Gasteiger partial charge is 0.171 e. The molecule has 0 spiro atoms. The van der Waals surface area contributed by atoms with E-state index in [-0.39, 0.29) is 5.82 Å². The van der Waals surface area contributed by atoms with Crippen molar-refractivity contribution in [3.63, 3.8) is 0 Å². The highest BCUT2D eigenvalue weighted by Crippen LogP contribution is 2.19. The number of rotatable bonds is 3. The summed E-state index contributed by atoms with van der Waals surface area (Å²) in [6, 6.07) is 8.53. The van der Waals surface area contributed by atoms with Crippen LogP contribution in [0.4, 0.5) is 10.1 Å². The molecule has 0 aliphatic carbocycles. The first-order valence-corrected chi connectivity index (χ1v) is 6.74. The number of hydrogen-bond donors (Lipinski definition) is 2. The molecule has 0 aliphatic heterocycles. The largest absolute Gasteiger partial charge is 0.358 e. The predicted molar refractivity (Wildman–Crippen MR) is 81.4 cm³/mol. The van der Waals surface area contributed by atoms with Crippen LogP contribution in [0, 0.1) is 5.82 Å². The maximum absolute atomic E-state index is 13.6. The van der Waals surface area contributed by atoms with Crippen LogP contribution in [0.25, 0.3) is 0 Å². The third-order valence-electron chi connectivity index (χ3n) is 2.36. The van der Waals surface area contributed by atoms with Gasteiger partial charge in [0.1, 0.15) is 5.82 Å². The summed E-state index contributed by atoms with van der Waals surface area (Å²) in [5.74, 6) is -0.361. The van der Waals surface area contributed by atoms with Crippen molar-refractivity contribution in [3.8, 4) is 0 Å². The fraction of sp³-hybridized carbons (Fsp3) is 0.0769. The molecular formula is C13H11BrFN3S. The average molecular weight is 340 g/mol. The van der Waals surface area contributed by atoms with Crippen molar-refractivity contribution >= 4 is 38.9 Å². The van der Waals surface area contributed by atoms with Gasteiger partial charge < -0.3 is 10.6 Å². The van der Waals surface area contributed by atoms with Gasteiger partial charge in [0.15, 0.2) is 5.11 Å². The van der Waals surface area contributed by atoms with Crippen molar-refractivity contribution < 1.29 is 4.39 Å². The lowest BCUT2D eigenvalue weighted by Gasteiger charge is -2.11. The van der Waals surface area contributed by atoms with Gasteiger partial charge in [0.25, 0.3) is 0 Å². The molecule has 0 saturated carbocycles. The summed E-state index contributed by atoms with van der Waals surface area (Å²) >= 11 is 8.31. The molecule has 0 bridgehead atoms. The molecule has 1 heterocycles. The normalized spacial score (nSPS) is 10.0. The minimum absolute atomic E-state index is 0.340. The third kappa shape index (κ3) is 4.25. The zero-order chi connectivity index (χ0) is 13.7.